The fraction of sp³-hybridized carbons (Fsp3) is 0.538. The fourth-order valence-electron chi connectivity index (χ4n) is 2.40. The topological polar surface area (TPSA) is 12.0 Å². The molecular weight excluding hydrogens is 269 g/mol. The van der Waals surface area contributed by atoms with Crippen molar-refractivity contribution in [2.24, 2.45) is 5.92 Å². The van der Waals surface area contributed by atoms with E-state index in [-0.39, 0.29) is 5.82 Å². The SMILES string of the molecule is CCC1CCC(Nc2ccc(Br)cc2F)C1. The standard InChI is InChI=1S/C13H17BrFN/c1-2-9-3-5-11(7-9)16-13-6-4-10(14)8-12(13)15/h4,6,8-9,11,16H,2-3,5,7H2,1H3. The fourth-order valence-corrected chi connectivity index (χ4v) is 2.74. The molecular formula is C13H17BrFN. The van der Waals surface area contributed by atoms with Gasteiger partial charge in [0, 0.05) is 10.5 Å². The Labute approximate surface area is 105 Å². The highest BCUT2D eigenvalue weighted by atomic mass is 79.9. The molecule has 88 valence electrons. The Hall–Kier alpha value is -0.570. The molecule has 1 saturated carbocycles. The second kappa shape index (κ2) is 5.17. The Balaban J connectivity index is 1.99. The van der Waals surface area contributed by atoms with Gasteiger partial charge < -0.3 is 5.32 Å². The first-order valence-electron chi connectivity index (χ1n) is 5.90. The second-order valence-electron chi connectivity index (χ2n) is 4.55. The Morgan fingerprint density at radius 3 is 2.88 bits per heavy atom. The zero-order valence-corrected chi connectivity index (χ0v) is 11.1. The van der Waals surface area contributed by atoms with Crippen molar-refractivity contribution < 1.29 is 4.39 Å². The van der Waals surface area contributed by atoms with Crippen LogP contribution in [0.1, 0.15) is 32.6 Å². The van der Waals surface area contributed by atoms with E-state index in [0.717, 1.165) is 16.8 Å². The summed E-state index contributed by atoms with van der Waals surface area (Å²) in [6.45, 7) is 2.23. The Morgan fingerprint density at radius 2 is 2.25 bits per heavy atom. The summed E-state index contributed by atoms with van der Waals surface area (Å²) in [5, 5.41) is 3.30. The average molecular weight is 286 g/mol. The van der Waals surface area contributed by atoms with Crippen molar-refractivity contribution >= 4 is 21.6 Å². The van der Waals surface area contributed by atoms with Crippen LogP contribution in [-0.4, -0.2) is 6.04 Å². The van der Waals surface area contributed by atoms with E-state index in [1.54, 1.807) is 6.07 Å². The van der Waals surface area contributed by atoms with Gasteiger partial charge in [0.1, 0.15) is 5.82 Å². The van der Waals surface area contributed by atoms with Crippen LogP contribution in [0.4, 0.5) is 10.1 Å². The van der Waals surface area contributed by atoms with Crippen LogP contribution in [0, 0.1) is 11.7 Å². The van der Waals surface area contributed by atoms with Gasteiger partial charge in [0.25, 0.3) is 0 Å². The summed E-state index contributed by atoms with van der Waals surface area (Å²) in [7, 11) is 0. The second-order valence-corrected chi connectivity index (χ2v) is 5.47. The highest BCUT2D eigenvalue weighted by Gasteiger charge is 2.23. The van der Waals surface area contributed by atoms with Crippen LogP contribution in [0.25, 0.3) is 0 Å². The summed E-state index contributed by atoms with van der Waals surface area (Å²) >= 11 is 3.26. The molecule has 1 N–H and O–H groups in total. The zero-order chi connectivity index (χ0) is 11.5. The molecule has 1 nitrogen and oxygen atoms in total. The van der Waals surface area contributed by atoms with Crippen LogP contribution in [-0.2, 0) is 0 Å². The molecule has 1 fully saturated rings. The third-order valence-electron chi connectivity index (χ3n) is 3.41. The van der Waals surface area contributed by atoms with Crippen LogP contribution in [0.15, 0.2) is 22.7 Å². The van der Waals surface area contributed by atoms with Crippen molar-refractivity contribution in [1.82, 2.24) is 0 Å². The van der Waals surface area contributed by atoms with Gasteiger partial charge >= 0.3 is 0 Å². The van der Waals surface area contributed by atoms with E-state index in [9.17, 15) is 4.39 Å². The monoisotopic (exact) mass is 285 g/mol. The van der Waals surface area contributed by atoms with Crippen molar-refractivity contribution in [3.63, 3.8) is 0 Å². The van der Waals surface area contributed by atoms with Crippen molar-refractivity contribution in [3.05, 3.63) is 28.5 Å². The highest BCUT2D eigenvalue weighted by Crippen LogP contribution is 2.31. The Bertz CT molecular complexity index is 367. The van der Waals surface area contributed by atoms with Gasteiger partial charge in [0.2, 0.25) is 0 Å². The molecule has 1 aliphatic carbocycles. The van der Waals surface area contributed by atoms with E-state index in [0.29, 0.717) is 11.7 Å². The number of hydrogen-bond donors (Lipinski definition) is 1. The summed E-state index contributed by atoms with van der Waals surface area (Å²) in [6, 6.07) is 5.63. The van der Waals surface area contributed by atoms with Crippen molar-refractivity contribution in [2.45, 2.75) is 38.6 Å². The normalized spacial score (nSPS) is 24.7. The first kappa shape index (κ1) is 11.9. The molecule has 2 atom stereocenters. The summed E-state index contributed by atoms with van der Waals surface area (Å²) < 4.78 is 14.4. The molecule has 2 rings (SSSR count). The molecule has 16 heavy (non-hydrogen) atoms. The van der Waals surface area contributed by atoms with E-state index in [1.165, 1.54) is 25.3 Å². The van der Waals surface area contributed by atoms with E-state index < -0.39 is 0 Å². The maximum absolute atomic E-state index is 13.6. The first-order chi connectivity index (χ1) is 7.69. The molecule has 0 spiro atoms. The largest absolute Gasteiger partial charge is 0.380 e. The number of anilines is 1. The van der Waals surface area contributed by atoms with Crippen molar-refractivity contribution in [3.8, 4) is 0 Å². The van der Waals surface area contributed by atoms with E-state index >= 15 is 0 Å². The minimum absolute atomic E-state index is 0.172. The molecule has 0 aliphatic heterocycles. The van der Waals surface area contributed by atoms with Crippen LogP contribution in [0.3, 0.4) is 0 Å². The number of nitrogens with one attached hydrogen (secondary N) is 1. The van der Waals surface area contributed by atoms with Gasteiger partial charge in [-0.15, -0.1) is 0 Å². The number of rotatable bonds is 3. The van der Waals surface area contributed by atoms with Gasteiger partial charge in [0.05, 0.1) is 5.69 Å². The summed E-state index contributed by atoms with van der Waals surface area (Å²) in [5.74, 6) is 0.644. The lowest BCUT2D eigenvalue weighted by Crippen LogP contribution is -2.16. The molecule has 3 heteroatoms. The molecule has 1 aromatic rings. The molecule has 0 amide bonds. The predicted molar refractivity (Wildman–Crippen MR) is 69.1 cm³/mol. The summed E-state index contributed by atoms with van der Waals surface area (Å²) in [6.07, 6.45) is 4.84. The summed E-state index contributed by atoms with van der Waals surface area (Å²) in [5.41, 5.74) is 0.630. The third kappa shape index (κ3) is 2.76. The van der Waals surface area contributed by atoms with Gasteiger partial charge in [-0.25, -0.2) is 4.39 Å². The minimum Gasteiger partial charge on any atom is -0.380 e. The van der Waals surface area contributed by atoms with E-state index in [2.05, 4.69) is 28.2 Å². The molecule has 0 radical (unpaired) electrons. The van der Waals surface area contributed by atoms with Crippen LogP contribution < -0.4 is 5.32 Å². The maximum atomic E-state index is 13.6. The van der Waals surface area contributed by atoms with Gasteiger partial charge in [-0.1, -0.05) is 29.3 Å². The molecule has 0 heterocycles. The highest BCUT2D eigenvalue weighted by molar-refractivity contribution is 9.10. The number of halogens is 2. The average Bonchev–Trinajstić information content (AvgIpc) is 2.70. The van der Waals surface area contributed by atoms with Crippen molar-refractivity contribution in [2.75, 3.05) is 5.32 Å². The lowest BCUT2D eigenvalue weighted by Gasteiger charge is -2.15. The maximum Gasteiger partial charge on any atom is 0.147 e. The molecule has 0 aromatic heterocycles. The van der Waals surface area contributed by atoms with Gasteiger partial charge in [-0.3, -0.25) is 0 Å². The third-order valence-corrected chi connectivity index (χ3v) is 3.90. The van der Waals surface area contributed by atoms with Crippen molar-refractivity contribution in [1.29, 1.82) is 0 Å². The molecule has 0 saturated heterocycles. The number of benzene rings is 1. The van der Waals surface area contributed by atoms with E-state index in [4.69, 9.17) is 0 Å². The molecule has 0 bridgehead atoms. The van der Waals surface area contributed by atoms with Gasteiger partial charge in [-0.2, -0.15) is 0 Å². The van der Waals surface area contributed by atoms with Crippen LogP contribution in [0.2, 0.25) is 0 Å². The van der Waals surface area contributed by atoms with Crippen LogP contribution in [0.5, 0.6) is 0 Å². The van der Waals surface area contributed by atoms with E-state index in [1.807, 2.05) is 6.07 Å². The molecule has 1 aromatic carbocycles. The Kier molecular flexibility index (Phi) is 3.85. The number of hydrogen-bond acceptors (Lipinski definition) is 1. The minimum atomic E-state index is -0.172. The summed E-state index contributed by atoms with van der Waals surface area (Å²) in [4.78, 5) is 0. The smallest absolute Gasteiger partial charge is 0.147 e. The first-order valence-corrected chi connectivity index (χ1v) is 6.70. The zero-order valence-electron chi connectivity index (χ0n) is 9.47. The molecule has 2 unspecified atom stereocenters. The van der Waals surface area contributed by atoms with Gasteiger partial charge in [0.15, 0.2) is 0 Å². The quantitative estimate of drug-likeness (QED) is 0.857. The van der Waals surface area contributed by atoms with Gasteiger partial charge in [-0.05, 0) is 43.4 Å². The Morgan fingerprint density at radius 1 is 1.44 bits per heavy atom. The lowest BCUT2D eigenvalue weighted by molar-refractivity contribution is 0.524. The van der Waals surface area contributed by atoms with Crippen LogP contribution >= 0.6 is 15.9 Å². The predicted octanol–water partition coefficient (Wildman–Crippen LogP) is 4.58. The molecule has 1 aliphatic rings. The lowest BCUT2D eigenvalue weighted by atomic mass is 10.1.